The van der Waals surface area contributed by atoms with Crippen LogP contribution in [0.2, 0.25) is 0 Å². The van der Waals surface area contributed by atoms with Gasteiger partial charge in [0.15, 0.2) is 16.6 Å². The average molecular weight is 317 g/mol. The van der Waals surface area contributed by atoms with E-state index in [-0.39, 0.29) is 12.5 Å². The minimum atomic E-state index is -0.459. The number of rotatable bonds is 3. The number of benzene rings is 2. The zero-order valence-electron chi connectivity index (χ0n) is 11.2. The molecule has 0 aliphatic carbocycles. The van der Waals surface area contributed by atoms with Crippen LogP contribution in [0.1, 0.15) is 0 Å². The van der Waals surface area contributed by atoms with Crippen molar-refractivity contribution in [2.45, 2.75) is 0 Å². The van der Waals surface area contributed by atoms with E-state index in [0.29, 0.717) is 22.3 Å². The highest BCUT2D eigenvalue weighted by molar-refractivity contribution is 7.80. The molecule has 3 rings (SSSR count). The van der Waals surface area contributed by atoms with Gasteiger partial charge in [-0.3, -0.25) is 10.1 Å². The Morgan fingerprint density at radius 2 is 1.82 bits per heavy atom. The molecule has 0 saturated carbocycles. The van der Waals surface area contributed by atoms with Crippen LogP contribution in [-0.2, 0) is 0 Å². The minimum Gasteiger partial charge on any atom is -0.454 e. The van der Waals surface area contributed by atoms with E-state index in [4.69, 9.17) is 21.7 Å². The summed E-state index contributed by atoms with van der Waals surface area (Å²) in [5.41, 5.74) is 1.26. The number of hydrogen-bond donors (Lipinski definition) is 2. The van der Waals surface area contributed by atoms with Crippen LogP contribution < -0.4 is 20.1 Å². The molecule has 7 nitrogen and oxygen atoms in total. The molecule has 1 aliphatic heterocycles. The molecule has 0 spiro atoms. The second kappa shape index (κ2) is 5.86. The predicted octanol–water partition coefficient (Wildman–Crippen LogP) is 3.13. The summed E-state index contributed by atoms with van der Waals surface area (Å²) in [5.74, 6) is 1.33. The van der Waals surface area contributed by atoms with Crippen LogP contribution in [0.5, 0.6) is 11.5 Å². The summed E-state index contributed by atoms with van der Waals surface area (Å²) in [7, 11) is 0. The fourth-order valence-electron chi connectivity index (χ4n) is 1.96. The molecule has 0 bridgehead atoms. The van der Waals surface area contributed by atoms with Crippen molar-refractivity contribution < 1.29 is 14.4 Å². The van der Waals surface area contributed by atoms with Gasteiger partial charge in [-0.15, -0.1) is 0 Å². The molecule has 1 heterocycles. The molecule has 8 heteroatoms. The number of hydrogen-bond acceptors (Lipinski definition) is 5. The smallest absolute Gasteiger partial charge is 0.271 e. The van der Waals surface area contributed by atoms with E-state index in [0.717, 1.165) is 5.69 Å². The number of nitro benzene ring substituents is 1. The highest BCUT2D eigenvalue weighted by Gasteiger charge is 2.13. The van der Waals surface area contributed by atoms with E-state index in [1.54, 1.807) is 30.3 Å². The molecule has 0 aromatic heterocycles. The molecule has 0 unspecified atom stereocenters. The van der Waals surface area contributed by atoms with Gasteiger partial charge in [0.1, 0.15) is 0 Å². The van der Waals surface area contributed by atoms with Gasteiger partial charge in [0, 0.05) is 29.6 Å². The van der Waals surface area contributed by atoms with Crippen molar-refractivity contribution in [2.24, 2.45) is 0 Å². The molecule has 2 aromatic carbocycles. The second-order valence-electron chi connectivity index (χ2n) is 4.45. The first-order valence-electron chi connectivity index (χ1n) is 6.34. The van der Waals surface area contributed by atoms with E-state index in [1.165, 1.54) is 12.1 Å². The maximum atomic E-state index is 10.7. The summed E-state index contributed by atoms with van der Waals surface area (Å²) in [4.78, 5) is 10.3. The number of nitrogens with zero attached hydrogens (tertiary/aromatic N) is 1. The highest BCUT2D eigenvalue weighted by Crippen LogP contribution is 2.34. The SMILES string of the molecule is O=[N+]([O-])c1cccc(NC(=S)Nc2ccc3c(c2)OCO3)c1. The first-order chi connectivity index (χ1) is 10.6. The van der Waals surface area contributed by atoms with Gasteiger partial charge in [-0.2, -0.15) is 0 Å². The lowest BCUT2D eigenvalue weighted by atomic mass is 10.2. The Morgan fingerprint density at radius 1 is 1.09 bits per heavy atom. The van der Waals surface area contributed by atoms with Crippen LogP contribution in [0.15, 0.2) is 42.5 Å². The van der Waals surface area contributed by atoms with E-state index < -0.39 is 4.92 Å². The van der Waals surface area contributed by atoms with Crippen molar-refractivity contribution in [2.75, 3.05) is 17.4 Å². The fourth-order valence-corrected chi connectivity index (χ4v) is 2.20. The number of nitro groups is 1. The third-order valence-electron chi connectivity index (χ3n) is 2.95. The number of nitrogens with one attached hydrogen (secondary N) is 2. The van der Waals surface area contributed by atoms with Crippen LogP contribution >= 0.6 is 12.2 Å². The number of non-ortho nitro benzene ring substituents is 1. The van der Waals surface area contributed by atoms with E-state index in [1.807, 2.05) is 0 Å². The number of anilines is 2. The maximum absolute atomic E-state index is 10.7. The number of fused-ring (bicyclic) bond motifs is 1. The van der Waals surface area contributed by atoms with E-state index in [2.05, 4.69) is 10.6 Å². The fraction of sp³-hybridized carbons (Fsp3) is 0.0714. The van der Waals surface area contributed by atoms with E-state index in [9.17, 15) is 10.1 Å². The normalized spacial score (nSPS) is 11.8. The van der Waals surface area contributed by atoms with Gasteiger partial charge in [0.2, 0.25) is 6.79 Å². The van der Waals surface area contributed by atoms with Crippen LogP contribution in [0, 0.1) is 10.1 Å². The Kier molecular flexibility index (Phi) is 3.75. The molecule has 22 heavy (non-hydrogen) atoms. The highest BCUT2D eigenvalue weighted by atomic mass is 32.1. The molecule has 0 fully saturated rings. The molecule has 0 saturated heterocycles. The van der Waals surface area contributed by atoms with Crippen LogP contribution in [0.25, 0.3) is 0 Å². The predicted molar refractivity (Wildman–Crippen MR) is 85.5 cm³/mol. The van der Waals surface area contributed by atoms with Gasteiger partial charge in [-0.1, -0.05) is 6.07 Å². The third-order valence-corrected chi connectivity index (χ3v) is 3.15. The monoisotopic (exact) mass is 317 g/mol. The topological polar surface area (TPSA) is 85.7 Å². The lowest BCUT2D eigenvalue weighted by molar-refractivity contribution is -0.384. The summed E-state index contributed by atoms with van der Waals surface area (Å²) in [6.07, 6.45) is 0. The lowest BCUT2D eigenvalue weighted by Gasteiger charge is -2.10. The standard InChI is InChI=1S/C14H11N3O4S/c18-17(19)11-3-1-2-9(6-11)15-14(22)16-10-4-5-12-13(7-10)21-8-20-12/h1-7H,8H2,(H2,15,16,22). The molecule has 2 N–H and O–H groups in total. The maximum Gasteiger partial charge on any atom is 0.271 e. The lowest BCUT2D eigenvalue weighted by Crippen LogP contribution is -2.19. The summed E-state index contributed by atoms with van der Waals surface area (Å²) in [5, 5.41) is 16.9. The average Bonchev–Trinajstić information content (AvgIpc) is 2.95. The summed E-state index contributed by atoms with van der Waals surface area (Å²) in [6.45, 7) is 0.204. The van der Waals surface area contributed by atoms with E-state index >= 15 is 0 Å². The van der Waals surface area contributed by atoms with Crippen LogP contribution in [-0.4, -0.2) is 16.8 Å². The molecule has 2 aromatic rings. The van der Waals surface area contributed by atoms with Gasteiger partial charge in [0.25, 0.3) is 5.69 Å². The van der Waals surface area contributed by atoms with Crippen molar-refractivity contribution >= 4 is 34.4 Å². The first kappa shape index (κ1) is 14.1. The number of ether oxygens (including phenoxy) is 2. The van der Waals surface area contributed by atoms with Gasteiger partial charge in [-0.25, -0.2) is 0 Å². The zero-order chi connectivity index (χ0) is 15.5. The first-order valence-corrected chi connectivity index (χ1v) is 6.75. The van der Waals surface area contributed by atoms with Gasteiger partial charge < -0.3 is 20.1 Å². The van der Waals surface area contributed by atoms with Gasteiger partial charge >= 0.3 is 0 Å². The third kappa shape index (κ3) is 3.07. The van der Waals surface area contributed by atoms with Crippen molar-refractivity contribution in [1.82, 2.24) is 0 Å². The molecule has 1 aliphatic rings. The van der Waals surface area contributed by atoms with Crippen LogP contribution in [0.4, 0.5) is 17.1 Å². The Labute approximate surface area is 131 Å². The van der Waals surface area contributed by atoms with Gasteiger partial charge in [-0.05, 0) is 30.4 Å². The Hall–Kier alpha value is -2.87. The van der Waals surface area contributed by atoms with Crippen molar-refractivity contribution in [3.63, 3.8) is 0 Å². The zero-order valence-corrected chi connectivity index (χ0v) is 12.1. The van der Waals surface area contributed by atoms with Crippen molar-refractivity contribution in [3.8, 4) is 11.5 Å². The molecule has 0 amide bonds. The minimum absolute atomic E-state index is 0.00382. The quantitative estimate of drug-likeness (QED) is 0.511. The summed E-state index contributed by atoms with van der Waals surface area (Å²) in [6, 6.07) is 11.5. The Bertz CT molecular complexity index is 751. The number of thiocarbonyl (C=S) groups is 1. The molecule has 112 valence electrons. The molecule has 0 atom stereocenters. The second-order valence-corrected chi connectivity index (χ2v) is 4.86. The summed E-state index contributed by atoms with van der Waals surface area (Å²) < 4.78 is 10.5. The molecule has 0 radical (unpaired) electrons. The van der Waals surface area contributed by atoms with Crippen molar-refractivity contribution in [1.29, 1.82) is 0 Å². The van der Waals surface area contributed by atoms with Crippen LogP contribution in [0.3, 0.4) is 0 Å². The molecular formula is C14H11N3O4S. The summed E-state index contributed by atoms with van der Waals surface area (Å²) >= 11 is 5.19. The van der Waals surface area contributed by atoms with Gasteiger partial charge in [0.05, 0.1) is 4.92 Å². The van der Waals surface area contributed by atoms with Crippen molar-refractivity contribution in [3.05, 3.63) is 52.6 Å². The Morgan fingerprint density at radius 3 is 2.59 bits per heavy atom. The molecular weight excluding hydrogens is 306 g/mol. The largest absolute Gasteiger partial charge is 0.454 e. The Balaban J connectivity index is 1.67.